The van der Waals surface area contributed by atoms with Crippen LogP contribution in [0, 0.1) is 11.3 Å². The van der Waals surface area contributed by atoms with E-state index >= 15 is 0 Å². The Morgan fingerprint density at radius 2 is 1.31 bits per heavy atom. The summed E-state index contributed by atoms with van der Waals surface area (Å²) in [5, 5.41) is 11.9. The standard InChI is InChI=1S/C48H64N6O17S3/c1-29(55)47(30(2)56,31(3)57)45(67)34(26-52-42(64)27-71-28-43(65)53-35-9-6-33(7-10-35)8-11-40(62)50-16-12-39(61)49-5)24-36(59)15-23-72-37-25-44(66)54(46(37)68)18-13-41(63)51-17-20-70-22-21-69-19-14-38(60)48(32(4)58)73-74-48/h6-7,9-10,34,37H,8,11-28H2,1-5H3,(H,49,61)(H,50,62)(H,51,63)(H,52,64)(H,53,65)/t34-,37?/m1/s1. The second-order valence-electron chi connectivity index (χ2n) is 17.1. The highest BCUT2D eigenvalue weighted by Crippen LogP contribution is 2.66. The van der Waals surface area contributed by atoms with Crippen molar-refractivity contribution in [3.63, 3.8) is 0 Å². The molecule has 2 aliphatic rings. The number of benzene rings is 1. The van der Waals surface area contributed by atoms with E-state index in [2.05, 4.69) is 26.6 Å². The zero-order chi connectivity index (χ0) is 55.0. The third-order valence-corrected chi connectivity index (χ3v) is 15.8. The van der Waals surface area contributed by atoms with Crippen molar-refractivity contribution in [2.24, 2.45) is 11.3 Å². The molecular weight excluding hydrogens is 1030 g/mol. The Bertz CT molecular complexity index is 2250. The fourth-order valence-corrected chi connectivity index (χ4v) is 10.8. The van der Waals surface area contributed by atoms with Gasteiger partial charge in [0.2, 0.25) is 46.8 Å². The number of hydrogen-bond donors (Lipinski definition) is 5. The van der Waals surface area contributed by atoms with Gasteiger partial charge in [-0.15, -0.1) is 11.8 Å². The lowest BCUT2D eigenvalue weighted by molar-refractivity contribution is -0.155. The van der Waals surface area contributed by atoms with Crippen LogP contribution in [0.2, 0.25) is 0 Å². The van der Waals surface area contributed by atoms with Crippen molar-refractivity contribution in [1.29, 1.82) is 0 Å². The molecule has 2 aliphatic heterocycles. The van der Waals surface area contributed by atoms with E-state index in [4.69, 9.17) is 14.2 Å². The minimum Gasteiger partial charge on any atom is -0.379 e. The molecule has 7 amide bonds. The van der Waals surface area contributed by atoms with Gasteiger partial charge in [-0.2, -0.15) is 0 Å². The summed E-state index contributed by atoms with van der Waals surface area (Å²) >= 11 is 1.01. The Labute approximate surface area is 440 Å². The summed E-state index contributed by atoms with van der Waals surface area (Å²) < 4.78 is 15.0. The van der Waals surface area contributed by atoms with Crippen LogP contribution in [-0.2, 0) is 87.8 Å². The van der Waals surface area contributed by atoms with Gasteiger partial charge in [-0.05, 0) is 51.8 Å². The lowest BCUT2D eigenvalue weighted by atomic mass is 9.68. The van der Waals surface area contributed by atoms with Crippen LogP contribution in [0.5, 0.6) is 0 Å². The molecule has 5 N–H and O–H groups in total. The van der Waals surface area contributed by atoms with Crippen molar-refractivity contribution >= 4 is 121 Å². The number of hydrogen-bond acceptors (Lipinski definition) is 20. The van der Waals surface area contributed by atoms with Gasteiger partial charge >= 0.3 is 0 Å². The number of imide groups is 1. The van der Waals surface area contributed by atoms with E-state index < -0.39 is 105 Å². The van der Waals surface area contributed by atoms with Crippen molar-refractivity contribution in [3.05, 3.63) is 29.8 Å². The van der Waals surface area contributed by atoms with Crippen LogP contribution in [-0.4, -0.2) is 175 Å². The number of likely N-dealkylation sites (tertiary alicyclic amines) is 1. The number of ether oxygens (including phenoxy) is 3. The monoisotopic (exact) mass is 1090 g/mol. The summed E-state index contributed by atoms with van der Waals surface area (Å²) in [6.45, 7) is 3.08. The number of anilines is 1. The number of thioether (sulfide) groups is 1. The lowest BCUT2D eigenvalue weighted by Gasteiger charge is -2.28. The molecule has 26 heteroatoms. The summed E-state index contributed by atoms with van der Waals surface area (Å²) in [6.07, 6.45) is -0.367. The van der Waals surface area contributed by atoms with Crippen LogP contribution in [0.4, 0.5) is 5.69 Å². The number of carbonyl (C=O) groups excluding carboxylic acids is 14. The number of Topliss-reactive ketones (excluding diaryl/α,β-unsaturated/α-hetero) is 7. The highest BCUT2D eigenvalue weighted by atomic mass is 33.2. The maximum Gasteiger partial charge on any atom is 0.250 e. The van der Waals surface area contributed by atoms with Gasteiger partial charge in [0.15, 0.2) is 38.8 Å². The number of rotatable bonds is 38. The van der Waals surface area contributed by atoms with Gasteiger partial charge in [-0.3, -0.25) is 72.0 Å². The van der Waals surface area contributed by atoms with Gasteiger partial charge in [-0.1, -0.05) is 33.7 Å². The third-order valence-electron chi connectivity index (χ3n) is 11.6. The molecule has 3 rings (SSSR count). The predicted octanol–water partition coefficient (Wildman–Crippen LogP) is 0.271. The third kappa shape index (κ3) is 19.6. The minimum absolute atomic E-state index is 0.00464. The lowest BCUT2D eigenvalue weighted by Crippen LogP contribution is -2.54. The fraction of sp³-hybridized carbons (Fsp3) is 0.583. The van der Waals surface area contributed by atoms with Crippen LogP contribution in [0.3, 0.4) is 0 Å². The van der Waals surface area contributed by atoms with Gasteiger partial charge in [-0.25, -0.2) is 0 Å². The minimum atomic E-state index is -2.73. The van der Waals surface area contributed by atoms with Crippen molar-refractivity contribution in [2.75, 3.05) is 83.9 Å². The first-order valence-electron chi connectivity index (χ1n) is 23.7. The van der Waals surface area contributed by atoms with Crippen molar-refractivity contribution < 1.29 is 81.3 Å². The Kier molecular flexibility index (Phi) is 26.5. The maximum atomic E-state index is 13.9. The number of amides is 7. The van der Waals surface area contributed by atoms with Crippen LogP contribution in [0.1, 0.15) is 78.2 Å². The number of nitrogens with one attached hydrogen (secondary N) is 5. The quantitative estimate of drug-likeness (QED) is 0.0195. The van der Waals surface area contributed by atoms with Gasteiger partial charge in [0.1, 0.15) is 19.0 Å². The molecule has 0 saturated carbocycles. The van der Waals surface area contributed by atoms with E-state index in [1.54, 1.807) is 24.3 Å². The molecular formula is C48H64N6O17S3. The average Bonchev–Trinajstić information content (AvgIpc) is 4.12. The molecule has 2 atom stereocenters. The van der Waals surface area contributed by atoms with E-state index in [-0.39, 0.29) is 114 Å². The molecule has 74 heavy (non-hydrogen) atoms. The van der Waals surface area contributed by atoms with Gasteiger partial charge in [0.25, 0.3) is 0 Å². The van der Waals surface area contributed by atoms with Crippen LogP contribution in [0.15, 0.2) is 24.3 Å². The smallest absolute Gasteiger partial charge is 0.250 e. The van der Waals surface area contributed by atoms with E-state index in [9.17, 15) is 67.1 Å². The van der Waals surface area contributed by atoms with Crippen molar-refractivity contribution in [1.82, 2.24) is 26.2 Å². The summed E-state index contributed by atoms with van der Waals surface area (Å²) in [5.74, 6) is -10.3. The Morgan fingerprint density at radius 3 is 1.92 bits per heavy atom. The molecule has 0 spiro atoms. The number of aryl methyl sites for hydroxylation is 1. The molecule has 2 heterocycles. The van der Waals surface area contributed by atoms with Crippen LogP contribution < -0.4 is 26.6 Å². The Hall–Kier alpha value is -5.67. The normalized spacial score (nSPS) is 15.1. The van der Waals surface area contributed by atoms with Crippen molar-refractivity contribution in [3.8, 4) is 0 Å². The zero-order valence-electron chi connectivity index (χ0n) is 42.0. The van der Waals surface area contributed by atoms with E-state index in [1.165, 1.54) is 35.6 Å². The van der Waals surface area contributed by atoms with E-state index in [1.807, 2.05) is 0 Å². The molecule has 1 aromatic rings. The highest BCUT2D eigenvalue weighted by molar-refractivity contribution is 8.94. The molecule has 406 valence electrons. The molecule has 1 aromatic carbocycles. The molecule has 0 radical (unpaired) electrons. The number of nitrogens with zero attached hydrogens (tertiary/aromatic N) is 1. The van der Waals surface area contributed by atoms with Crippen LogP contribution in [0.25, 0.3) is 0 Å². The Morgan fingerprint density at radius 1 is 0.703 bits per heavy atom. The van der Waals surface area contributed by atoms with Crippen LogP contribution >= 0.6 is 33.3 Å². The predicted molar refractivity (Wildman–Crippen MR) is 271 cm³/mol. The van der Waals surface area contributed by atoms with Gasteiger partial charge in [0.05, 0.1) is 31.7 Å². The first-order valence-corrected chi connectivity index (χ1v) is 26.9. The summed E-state index contributed by atoms with van der Waals surface area (Å²) in [7, 11) is 3.98. The Balaban J connectivity index is 1.41. The first-order chi connectivity index (χ1) is 35.1. The molecule has 2 fully saturated rings. The fourth-order valence-electron chi connectivity index (χ4n) is 7.46. The second kappa shape index (κ2) is 31.3. The highest BCUT2D eigenvalue weighted by Gasteiger charge is 2.57. The van der Waals surface area contributed by atoms with E-state index in [0.717, 1.165) is 43.0 Å². The summed E-state index contributed by atoms with van der Waals surface area (Å²) in [4.78, 5) is 177. The first kappa shape index (κ1) is 62.6. The topological polar surface area (TPSA) is 330 Å². The molecule has 0 bridgehead atoms. The summed E-state index contributed by atoms with van der Waals surface area (Å²) in [6, 6.07) is 6.63. The molecule has 0 aliphatic carbocycles. The number of ketones is 7. The van der Waals surface area contributed by atoms with E-state index in [0.29, 0.717) is 12.1 Å². The molecule has 0 aromatic heterocycles. The van der Waals surface area contributed by atoms with Crippen molar-refractivity contribution in [2.45, 2.75) is 88.4 Å². The SMILES string of the molecule is CNC(=O)CCNC(=O)CCc1ccc(NC(=O)COCC(=O)NC[C@@H](CC(=O)CCSC2CC(=O)N(CCC(=O)NCCOCCOCCC(=O)C3(C(C)=O)SS3)C2=O)C(=O)C(C(C)=O)(C(C)=O)C(C)=O)cc1. The molecule has 1 unspecified atom stereocenters. The molecule has 2 saturated heterocycles. The summed E-state index contributed by atoms with van der Waals surface area (Å²) in [5.41, 5.74) is -1.52. The maximum absolute atomic E-state index is 13.9. The number of carbonyl (C=O) groups is 14. The largest absolute Gasteiger partial charge is 0.379 e. The van der Waals surface area contributed by atoms with Gasteiger partial charge < -0.3 is 40.8 Å². The second-order valence-corrected chi connectivity index (χ2v) is 21.2. The average molecular weight is 1090 g/mol. The zero-order valence-corrected chi connectivity index (χ0v) is 44.5. The molecule has 23 nitrogen and oxygen atoms in total. The van der Waals surface area contributed by atoms with Gasteiger partial charge in [0, 0.05) is 95.5 Å².